The molecule has 3 rings (SSSR count). The van der Waals surface area contributed by atoms with Crippen molar-refractivity contribution in [2.24, 2.45) is 0 Å². The summed E-state index contributed by atoms with van der Waals surface area (Å²) >= 11 is 0. The number of nitro benzene ring substituents is 1. The van der Waals surface area contributed by atoms with E-state index in [1.807, 2.05) is 0 Å². The zero-order valence-corrected chi connectivity index (χ0v) is 16.5. The zero-order chi connectivity index (χ0) is 24.0. The summed E-state index contributed by atoms with van der Waals surface area (Å²) in [5.74, 6) is -0.257. The molecule has 0 aromatic heterocycles. The first kappa shape index (κ1) is 25.7. The largest absolute Gasteiger partial charge is 0.506 e. The van der Waals surface area contributed by atoms with Gasteiger partial charge in [0, 0.05) is 12.1 Å². The van der Waals surface area contributed by atoms with E-state index in [4.69, 9.17) is 35.0 Å². The van der Waals surface area contributed by atoms with Crippen molar-refractivity contribution in [1.29, 1.82) is 0 Å². The maximum Gasteiger partial charge on any atom is 0.269 e. The third-order valence-corrected chi connectivity index (χ3v) is 4.70. The van der Waals surface area contributed by atoms with Crippen LogP contribution < -0.4 is 4.74 Å². The highest BCUT2D eigenvalue weighted by Crippen LogP contribution is 2.25. The summed E-state index contributed by atoms with van der Waals surface area (Å²) < 4.78 is 15.1. The summed E-state index contributed by atoms with van der Waals surface area (Å²) in [6, 6.07) is 5.03. The van der Waals surface area contributed by atoms with Gasteiger partial charge in [-0.15, -0.1) is 0 Å². The molecule has 0 radical (unpaired) electrons. The van der Waals surface area contributed by atoms with Gasteiger partial charge < -0.3 is 55.1 Å². The quantitative estimate of drug-likeness (QED) is 0.164. The Kier molecular flexibility index (Phi) is 9.11. The minimum absolute atomic E-state index is 0.129. The van der Waals surface area contributed by atoms with Gasteiger partial charge in [-0.2, -0.15) is 0 Å². The van der Waals surface area contributed by atoms with Crippen LogP contribution >= 0.6 is 0 Å². The Bertz CT molecular complexity index is 771. The Balaban J connectivity index is 0.000000278. The summed E-state index contributed by atoms with van der Waals surface area (Å²) in [4.78, 5) is 9.95. The molecule has 8 N–H and O–H groups in total. The van der Waals surface area contributed by atoms with Crippen LogP contribution in [0.25, 0.3) is 0 Å². The molecule has 0 saturated carbocycles. The summed E-state index contributed by atoms with van der Waals surface area (Å²) in [5, 5.41) is 84.0. The van der Waals surface area contributed by atoms with Gasteiger partial charge in [0.25, 0.3) is 5.69 Å². The number of aliphatic hydroxyl groups excluding tert-OH is 8. The molecule has 14 heteroatoms. The Hall–Kier alpha value is -2.56. The number of benzene rings is 1. The first-order valence-electron chi connectivity index (χ1n) is 9.33. The molecule has 180 valence electrons. The fourth-order valence-corrected chi connectivity index (χ4v) is 2.78. The molecule has 32 heavy (non-hydrogen) atoms. The van der Waals surface area contributed by atoms with Crippen molar-refractivity contribution in [2.45, 2.75) is 49.0 Å². The maximum atomic E-state index is 10.5. The van der Waals surface area contributed by atoms with Crippen LogP contribution in [0.4, 0.5) is 5.69 Å². The van der Waals surface area contributed by atoms with Gasteiger partial charge in [-0.05, 0) is 12.1 Å². The molecule has 0 amide bonds. The van der Waals surface area contributed by atoms with Crippen LogP contribution in [0.1, 0.15) is 0 Å². The van der Waals surface area contributed by atoms with Crippen molar-refractivity contribution in [3.05, 3.63) is 46.4 Å². The van der Waals surface area contributed by atoms with E-state index in [1.54, 1.807) is 0 Å². The lowest BCUT2D eigenvalue weighted by molar-refractivity contribution is -0.384. The summed E-state index contributed by atoms with van der Waals surface area (Å²) in [6.07, 6.45) is -9.52. The van der Waals surface area contributed by atoms with Gasteiger partial charge in [0.05, 0.1) is 18.1 Å². The molecule has 2 aliphatic rings. The Morgan fingerprint density at radius 3 is 2.03 bits per heavy atom. The van der Waals surface area contributed by atoms with Crippen LogP contribution in [-0.4, -0.2) is 108 Å². The van der Waals surface area contributed by atoms with E-state index < -0.39 is 72.9 Å². The smallest absolute Gasteiger partial charge is 0.269 e. The number of hydrogen-bond donors (Lipinski definition) is 8. The molecule has 2 aliphatic heterocycles. The topological polar surface area (TPSA) is 233 Å². The number of ether oxygens (including phenoxy) is 3. The highest BCUT2D eigenvalue weighted by molar-refractivity contribution is 5.36. The average Bonchev–Trinajstić information content (AvgIpc) is 2.79. The zero-order valence-electron chi connectivity index (χ0n) is 16.5. The van der Waals surface area contributed by atoms with Crippen molar-refractivity contribution in [2.75, 3.05) is 13.2 Å². The third-order valence-electron chi connectivity index (χ3n) is 4.70. The number of non-ortho nitro benzene ring substituents is 1. The van der Waals surface area contributed by atoms with Gasteiger partial charge in [-0.3, -0.25) is 10.1 Å². The fourth-order valence-electron chi connectivity index (χ4n) is 2.78. The summed E-state index contributed by atoms with van der Waals surface area (Å²) in [6.45, 7) is -0.965. The van der Waals surface area contributed by atoms with E-state index in [9.17, 15) is 25.4 Å². The SMILES string of the molecule is O=[N+]([O-])c1ccc(O[C@@H]2O[C@H](CO)[C@H](O)[C@H](O)[C@H]2O)cc1.OCC1OC=C(O)C(O)C1O. The summed E-state index contributed by atoms with van der Waals surface area (Å²) in [7, 11) is 0. The molecular weight excluding hydrogens is 438 g/mol. The van der Waals surface area contributed by atoms with Gasteiger partial charge in [0.1, 0.15) is 54.7 Å². The molecule has 1 fully saturated rings. The Morgan fingerprint density at radius 2 is 1.50 bits per heavy atom. The molecule has 1 aromatic carbocycles. The van der Waals surface area contributed by atoms with E-state index in [0.717, 1.165) is 6.26 Å². The molecule has 0 aliphatic carbocycles. The van der Waals surface area contributed by atoms with Crippen LogP contribution in [0.3, 0.4) is 0 Å². The Labute approximate surface area is 180 Å². The lowest BCUT2D eigenvalue weighted by atomic mass is 9.99. The fraction of sp³-hybridized carbons (Fsp3) is 0.556. The predicted octanol–water partition coefficient (Wildman–Crippen LogP) is -2.73. The number of aliphatic hydroxyl groups is 8. The second kappa shape index (κ2) is 11.3. The average molecular weight is 463 g/mol. The monoisotopic (exact) mass is 463 g/mol. The molecule has 0 spiro atoms. The van der Waals surface area contributed by atoms with E-state index in [1.165, 1.54) is 24.3 Å². The van der Waals surface area contributed by atoms with E-state index in [0.29, 0.717) is 0 Å². The lowest BCUT2D eigenvalue weighted by Crippen LogP contribution is -2.60. The van der Waals surface area contributed by atoms with Gasteiger partial charge in [0.2, 0.25) is 6.29 Å². The molecule has 3 unspecified atom stereocenters. The molecule has 14 nitrogen and oxygen atoms in total. The normalized spacial score (nSPS) is 34.4. The lowest BCUT2D eigenvalue weighted by Gasteiger charge is -2.39. The van der Waals surface area contributed by atoms with Gasteiger partial charge in [-0.25, -0.2) is 0 Å². The van der Waals surface area contributed by atoms with Crippen molar-refractivity contribution >= 4 is 5.69 Å². The van der Waals surface area contributed by atoms with Gasteiger partial charge >= 0.3 is 0 Å². The molecule has 8 atom stereocenters. The van der Waals surface area contributed by atoms with Crippen molar-refractivity contribution in [3.8, 4) is 5.75 Å². The number of rotatable bonds is 5. The molecular formula is C18H25NO13. The second-order valence-corrected chi connectivity index (χ2v) is 6.90. The number of hydrogen-bond acceptors (Lipinski definition) is 13. The first-order valence-corrected chi connectivity index (χ1v) is 9.33. The van der Waals surface area contributed by atoms with Crippen LogP contribution in [0.5, 0.6) is 5.75 Å². The van der Waals surface area contributed by atoms with E-state index >= 15 is 0 Å². The highest BCUT2D eigenvalue weighted by Gasteiger charge is 2.44. The summed E-state index contributed by atoms with van der Waals surface area (Å²) in [5.41, 5.74) is -0.129. The predicted molar refractivity (Wildman–Crippen MR) is 102 cm³/mol. The maximum absolute atomic E-state index is 10.5. The first-order chi connectivity index (χ1) is 15.1. The minimum Gasteiger partial charge on any atom is -0.506 e. The molecule has 2 heterocycles. The van der Waals surface area contributed by atoms with E-state index in [-0.39, 0.29) is 11.4 Å². The van der Waals surface area contributed by atoms with Crippen molar-refractivity contribution < 1.29 is 60.0 Å². The van der Waals surface area contributed by atoms with Crippen LogP contribution in [0.15, 0.2) is 36.3 Å². The molecule has 0 bridgehead atoms. The van der Waals surface area contributed by atoms with Crippen molar-refractivity contribution in [3.63, 3.8) is 0 Å². The Morgan fingerprint density at radius 1 is 0.906 bits per heavy atom. The van der Waals surface area contributed by atoms with Crippen LogP contribution in [-0.2, 0) is 9.47 Å². The van der Waals surface area contributed by atoms with Crippen LogP contribution in [0, 0.1) is 10.1 Å². The van der Waals surface area contributed by atoms with Gasteiger partial charge in [0.15, 0.2) is 5.76 Å². The minimum atomic E-state index is -1.54. The molecule has 1 aromatic rings. The molecule has 1 saturated heterocycles. The van der Waals surface area contributed by atoms with E-state index in [2.05, 4.69) is 4.74 Å². The standard InChI is InChI=1S/C12H15NO8.C6H10O5/c14-5-8-9(15)10(16)11(17)12(21-8)20-7-3-1-6(2-4-7)13(18)19;7-1-4-6(10)5(9)3(8)2-11-4/h1-4,8-12,14-17H,5H2;2,4-10H,1H2/t8-,9+,10+,11-,12-;/m1./s1. The van der Waals surface area contributed by atoms with Crippen molar-refractivity contribution in [1.82, 2.24) is 0 Å². The number of nitro groups is 1. The highest BCUT2D eigenvalue weighted by atomic mass is 16.7. The second-order valence-electron chi connectivity index (χ2n) is 6.90. The van der Waals surface area contributed by atoms with Crippen LogP contribution in [0.2, 0.25) is 0 Å². The third kappa shape index (κ3) is 6.02. The number of nitrogens with zero attached hydrogens (tertiary/aromatic N) is 1. The van der Waals surface area contributed by atoms with Gasteiger partial charge in [-0.1, -0.05) is 0 Å².